The van der Waals surface area contributed by atoms with Gasteiger partial charge in [-0.15, -0.1) is 0 Å². The van der Waals surface area contributed by atoms with Crippen LogP contribution in [0.5, 0.6) is 0 Å². The zero-order chi connectivity index (χ0) is 21.0. The number of urea groups is 1. The van der Waals surface area contributed by atoms with E-state index in [0.29, 0.717) is 25.3 Å². The van der Waals surface area contributed by atoms with Crippen molar-refractivity contribution in [2.45, 2.75) is 0 Å². The monoisotopic (exact) mass is 407 g/mol. The van der Waals surface area contributed by atoms with Gasteiger partial charge in [0.2, 0.25) is 5.91 Å². The third kappa shape index (κ3) is 2.74. The number of likely N-dealkylation sites (tertiary alicyclic amines) is 1. The summed E-state index contributed by atoms with van der Waals surface area (Å²) in [5, 5.41) is 5.19. The predicted octanol–water partition coefficient (Wildman–Crippen LogP) is 2.74. The molecule has 2 aliphatic heterocycles. The van der Waals surface area contributed by atoms with E-state index in [4.69, 9.17) is 0 Å². The number of amides is 3. The Hall–Kier alpha value is -3.42. The number of anilines is 1. The lowest BCUT2D eigenvalue weighted by Crippen LogP contribution is -2.40. The maximum absolute atomic E-state index is 14.3. The number of hydrogen-bond acceptors (Lipinski definition) is 3. The standard InChI is InChI=1S/C22H22FN5O2/c1-25(2)22(30)26-11-14-12-27(21(29)16(14)13-26)18-8-5-9-19-15(18)10-24-28(19)20-7-4-3-6-17(20)23/h3-10,14,16H,11-13H2,1-2H3/t14-,16-/m0/s1. The third-order valence-corrected chi connectivity index (χ3v) is 6.06. The summed E-state index contributed by atoms with van der Waals surface area (Å²) in [6, 6.07) is 12.1. The van der Waals surface area contributed by atoms with Crippen molar-refractivity contribution >= 4 is 28.5 Å². The van der Waals surface area contributed by atoms with Crippen molar-refractivity contribution in [2.24, 2.45) is 11.8 Å². The zero-order valence-corrected chi connectivity index (χ0v) is 16.8. The first-order valence-electron chi connectivity index (χ1n) is 9.95. The van der Waals surface area contributed by atoms with Gasteiger partial charge in [-0.3, -0.25) is 4.79 Å². The lowest BCUT2D eigenvalue weighted by atomic mass is 10.0. The minimum atomic E-state index is -0.356. The Morgan fingerprint density at radius 1 is 1.07 bits per heavy atom. The Bertz CT molecular complexity index is 1160. The van der Waals surface area contributed by atoms with E-state index in [9.17, 15) is 14.0 Å². The van der Waals surface area contributed by atoms with E-state index in [2.05, 4.69) is 5.10 Å². The van der Waals surface area contributed by atoms with Crippen molar-refractivity contribution in [1.82, 2.24) is 19.6 Å². The van der Waals surface area contributed by atoms with Gasteiger partial charge in [0.1, 0.15) is 11.5 Å². The van der Waals surface area contributed by atoms with Gasteiger partial charge in [-0.05, 0) is 24.3 Å². The summed E-state index contributed by atoms with van der Waals surface area (Å²) in [6.07, 6.45) is 1.68. The summed E-state index contributed by atoms with van der Waals surface area (Å²) in [4.78, 5) is 30.5. The molecule has 0 N–H and O–H groups in total. The molecule has 154 valence electrons. The first kappa shape index (κ1) is 18.6. The van der Waals surface area contributed by atoms with Gasteiger partial charge in [0.15, 0.2) is 0 Å². The molecule has 3 amide bonds. The quantitative estimate of drug-likeness (QED) is 0.656. The second-order valence-electron chi connectivity index (χ2n) is 8.12. The number of hydrogen-bond donors (Lipinski definition) is 0. The lowest BCUT2D eigenvalue weighted by Gasteiger charge is -2.24. The minimum absolute atomic E-state index is 0.0280. The van der Waals surface area contributed by atoms with E-state index in [1.54, 1.807) is 57.9 Å². The molecule has 0 bridgehead atoms. The van der Waals surface area contributed by atoms with Crippen LogP contribution in [0.4, 0.5) is 14.9 Å². The van der Waals surface area contributed by atoms with Crippen molar-refractivity contribution in [3.63, 3.8) is 0 Å². The van der Waals surface area contributed by atoms with Gasteiger partial charge in [0.05, 0.1) is 23.3 Å². The average molecular weight is 407 g/mol. The van der Waals surface area contributed by atoms with Crippen LogP contribution >= 0.6 is 0 Å². The fourth-order valence-corrected chi connectivity index (χ4v) is 4.60. The van der Waals surface area contributed by atoms with E-state index in [-0.39, 0.29) is 29.6 Å². The highest BCUT2D eigenvalue weighted by atomic mass is 19.1. The summed E-state index contributed by atoms with van der Waals surface area (Å²) in [5.74, 6) is -0.408. The smallest absolute Gasteiger partial charge is 0.319 e. The van der Waals surface area contributed by atoms with Gasteiger partial charge in [0, 0.05) is 45.0 Å². The molecule has 3 heterocycles. The Balaban J connectivity index is 1.47. The molecule has 0 radical (unpaired) electrons. The zero-order valence-electron chi connectivity index (χ0n) is 16.8. The van der Waals surface area contributed by atoms with Crippen LogP contribution in [0.3, 0.4) is 0 Å². The summed E-state index contributed by atoms with van der Waals surface area (Å²) in [6.45, 7) is 1.58. The maximum atomic E-state index is 14.3. The van der Waals surface area contributed by atoms with E-state index in [0.717, 1.165) is 16.6 Å². The molecule has 2 atom stereocenters. The number of nitrogens with zero attached hydrogens (tertiary/aromatic N) is 5. The molecule has 1 aromatic heterocycles. The van der Waals surface area contributed by atoms with Crippen LogP contribution in [-0.2, 0) is 4.79 Å². The normalized spacial score (nSPS) is 20.8. The molecule has 5 rings (SSSR count). The van der Waals surface area contributed by atoms with Crippen LogP contribution in [0.2, 0.25) is 0 Å². The summed E-state index contributed by atoms with van der Waals surface area (Å²) in [7, 11) is 3.44. The fourth-order valence-electron chi connectivity index (χ4n) is 4.60. The number of aromatic nitrogens is 2. The highest BCUT2D eigenvalue weighted by molar-refractivity contribution is 6.05. The van der Waals surface area contributed by atoms with Crippen LogP contribution in [-0.4, -0.2) is 65.2 Å². The van der Waals surface area contributed by atoms with E-state index >= 15 is 0 Å². The molecule has 2 aliphatic rings. The summed E-state index contributed by atoms with van der Waals surface area (Å²) in [5.41, 5.74) is 1.89. The van der Waals surface area contributed by atoms with Crippen LogP contribution in [0.25, 0.3) is 16.6 Å². The SMILES string of the molecule is CN(C)C(=O)N1C[C@H]2CN(c3cccc4c3cnn4-c3ccccc3F)C(=O)[C@H]2C1. The number of carbonyl (C=O) groups excluding carboxylic acids is 2. The lowest BCUT2D eigenvalue weighted by molar-refractivity contribution is -0.120. The van der Waals surface area contributed by atoms with Gasteiger partial charge < -0.3 is 14.7 Å². The molecule has 0 spiro atoms. The van der Waals surface area contributed by atoms with Crippen molar-refractivity contribution in [2.75, 3.05) is 38.6 Å². The third-order valence-electron chi connectivity index (χ3n) is 6.06. The Morgan fingerprint density at radius 3 is 2.57 bits per heavy atom. The van der Waals surface area contributed by atoms with Gasteiger partial charge in [0.25, 0.3) is 0 Å². The molecule has 3 aromatic rings. The number of carbonyl (C=O) groups is 2. The topological polar surface area (TPSA) is 61.7 Å². The molecule has 30 heavy (non-hydrogen) atoms. The fraction of sp³-hybridized carbons (Fsp3) is 0.318. The average Bonchev–Trinajstić information content (AvgIpc) is 3.42. The summed E-state index contributed by atoms with van der Waals surface area (Å²) < 4.78 is 15.9. The van der Waals surface area contributed by atoms with E-state index in [1.165, 1.54) is 6.07 Å². The van der Waals surface area contributed by atoms with Crippen LogP contribution in [0.15, 0.2) is 48.7 Å². The van der Waals surface area contributed by atoms with Gasteiger partial charge >= 0.3 is 6.03 Å². The Labute approximate surface area is 173 Å². The van der Waals surface area contributed by atoms with E-state index in [1.807, 2.05) is 18.2 Å². The predicted molar refractivity (Wildman–Crippen MR) is 111 cm³/mol. The van der Waals surface area contributed by atoms with E-state index < -0.39 is 0 Å². The molecule has 2 aromatic carbocycles. The second kappa shape index (κ2) is 6.83. The minimum Gasteiger partial charge on any atom is -0.331 e. The highest BCUT2D eigenvalue weighted by Crippen LogP contribution is 2.38. The van der Waals surface area contributed by atoms with Crippen LogP contribution in [0, 0.1) is 17.7 Å². The largest absolute Gasteiger partial charge is 0.331 e. The summed E-state index contributed by atoms with van der Waals surface area (Å²) >= 11 is 0. The van der Waals surface area contributed by atoms with Crippen LogP contribution in [0.1, 0.15) is 0 Å². The Morgan fingerprint density at radius 2 is 1.83 bits per heavy atom. The number of fused-ring (bicyclic) bond motifs is 2. The first-order valence-corrected chi connectivity index (χ1v) is 9.95. The van der Waals surface area contributed by atoms with Gasteiger partial charge in [-0.2, -0.15) is 5.10 Å². The Kier molecular flexibility index (Phi) is 4.23. The second-order valence-corrected chi connectivity index (χ2v) is 8.12. The number of para-hydroxylation sites is 1. The van der Waals surface area contributed by atoms with Crippen molar-refractivity contribution in [3.05, 3.63) is 54.5 Å². The molecule has 0 aliphatic carbocycles. The van der Waals surface area contributed by atoms with Crippen molar-refractivity contribution < 1.29 is 14.0 Å². The molecule has 2 saturated heterocycles. The number of benzene rings is 2. The van der Waals surface area contributed by atoms with Gasteiger partial charge in [-0.1, -0.05) is 18.2 Å². The maximum Gasteiger partial charge on any atom is 0.319 e. The van der Waals surface area contributed by atoms with Gasteiger partial charge in [-0.25, -0.2) is 13.9 Å². The highest BCUT2D eigenvalue weighted by Gasteiger charge is 2.48. The molecule has 7 nitrogen and oxygen atoms in total. The molecule has 2 fully saturated rings. The van der Waals surface area contributed by atoms with Crippen LogP contribution < -0.4 is 4.90 Å². The molecular formula is C22H22FN5O2. The first-order chi connectivity index (χ1) is 14.5. The number of halogens is 1. The molecule has 0 saturated carbocycles. The molecule has 8 heteroatoms. The van der Waals surface area contributed by atoms with Crippen molar-refractivity contribution in [1.29, 1.82) is 0 Å². The number of rotatable bonds is 2. The van der Waals surface area contributed by atoms with Crippen molar-refractivity contribution in [3.8, 4) is 5.69 Å². The molecule has 0 unspecified atom stereocenters. The molecular weight excluding hydrogens is 385 g/mol.